The molecule has 1 aliphatic rings. The Labute approximate surface area is 128 Å². The lowest BCUT2D eigenvalue weighted by Gasteiger charge is -2.17. The zero-order valence-corrected chi connectivity index (χ0v) is 13.0. The smallest absolute Gasteiger partial charge is 0.257 e. The summed E-state index contributed by atoms with van der Waals surface area (Å²) in [4.78, 5) is 8.01. The van der Waals surface area contributed by atoms with Crippen molar-refractivity contribution in [1.29, 1.82) is 0 Å². The minimum Gasteiger partial charge on any atom is -0.334 e. The van der Waals surface area contributed by atoms with Gasteiger partial charge in [-0.05, 0) is 56.5 Å². The van der Waals surface area contributed by atoms with Gasteiger partial charge in [-0.2, -0.15) is 4.98 Å². The van der Waals surface area contributed by atoms with Crippen molar-refractivity contribution < 1.29 is 4.52 Å². The van der Waals surface area contributed by atoms with Crippen molar-refractivity contribution in [3.63, 3.8) is 0 Å². The summed E-state index contributed by atoms with van der Waals surface area (Å²) in [7, 11) is 0. The van der Waals surface area contributed by atoms with Crippen LogP contribution in [0.1, 0.15) is 24.7 Å². The van der Waals surface area contributed by atoms with E-state index in [1.54, 1.807) is 11.8 Å². The maximum absolute atomic E-state index is 6.18. The average molecular weight is 304 g/mol. The van der Waals surface area contributed by atoms with Gasteiger partial charge in [0.05, 0.1) is 6.04 Å². The maximum atomic E-state index is 6.18. The summed E-state index contributed by atoms with van der Waals surface area (Å²) < 4.78 is 5.34. The third-order valence-electron chi connectivity index (χ3n) is 3.76. The van der Waals surface area contributed by atoms with Gasteiger partial charge < -0.3 is 15.2 Å². The molecule has 0 amide bonds. The molecule has 1 aliphatic heterocycles. The number of benzene rings is 1. The summed E-state index contributed by atoms with van der Waals surface area (Å²) in [6.45, 7) is 3.04. The Morgan fingerprint density at radius 1 is 1.29 bits per heavy atom. The first-order valence-electron chi connectivity index (χ1n) is 7.22. The first kappa shape index (κ1) is 14.6. The largest absolute Gasteiger partial charge is 0.334 e. The summed E-state index contributed by atoms with van der Waals surface area (Å²) >= 11 is 1.71. The van der Waals surface area contributed by atoms with Gasteiger partial charge in [0, 0.05) is 17.0 Å². The van der Waals surface area contributed by atoms with Crippen molar-refractivity contribution in [2.75, 3.05) is 25.9 Å². The molecule has 0 aliphatic carbocycles. The topological polar surface area (TPSA) is 68.2 Å². The second-order valence-electron chi connectivity index (χ2n) is 5.30. The van der Waals surface area contributed by atoms with Gasteiger partial charge in [-0.25, -0.2) is 0 Å². The molecule has 2 aromatic rings. The van der Waals surface area contributed by atoms with Gasteiger partial charge in [-0.1, -0.05) is 5.16 Å². The fourth-order valence-corrected chi connectivity index (χ4v) is 2.97. The molecule has 6 heteroatoms. The van der Waals surface area contributed by atoms with E-state index in [2.05, 4.69) is 21.3 Å². The highest BCUT2D eigenvalue weighted by Crippen LogP contribution is 2.23. The average Bonchev–Trinajstić information content (AvgIpc) is 3.18. The van der Waals surface area contributed by atoms with Crippen LogP contribution in [0.4, 0.5) is 0 Å². The standard InChI is InChI=1S/C15H20N4OS/c1-21-12-6-4-11(5-7-12)15-17-14(18-20-15)13(16)10-19-8-2-3-9-19/h4-7,13H,2-3,8-10,16H2,1H3. The third-order valence-corrected chi connectivity index (χ3v) is 4.51. The van der Waals surface area contributed by atoms with Gasteiger partial charge in [0.25, 0.3) is 5.89 Å². The van der Waals surface area contributed by atoms with Crippen molar-refractivity contribution in [3.05, 3.63) is 30.1 Å². The lowest BCUT2D eigenvalue weighted by atomic mass is 10.2. The van der Waals surface area contributed by atoms with Gasteiger partial charge in [0.1, 0.15) is 0 Å². The van der Waals surface area contributed by atoms with Crippen molar-refractivity contribution in [3.8, 4) is 11.5 Å². The quantitative estimate of drug-likeness (QED) is 0.856. The highest BCUT2D eigenvalue weighted by molar-refractivity contribution is 7.98. The van der Waals surface area contributed by atoms with Crippen LogP contribution in [0.15, 0.2) is 33.7 Å². The number of aromatic nitrogens is 2. The van der Waals surface area contributed by atoms with E-state index in [0.29, 0.717) is 11.7 Å². The van der Waals surface area contributed by atoms with Crippen LogP contribution in [0.5, 0.6) is 0 Å². The lowest BCUT2D eigenvalue weighted by molar-refractivity contribution is 0.306. The number of thioether (sulfide) groups is 1. The molecule has 1 aromatic heterocycles. The predicted molar refractivity (Wildman–Crippen MR) is 84.1 cm³/mol. The maximum Gasteiger partial charge on any atom is 0.257 e. The Hall–Kier alpha value is -1.37. The van der Waals surface area contributed by atoms with Crippen molar-refractivity contribution in [2.24, 2.45) is 5.73 Å². The summed E-state index contributed by atoms with van der Waals surface area (Å²) in [5.74, 6) is 1.13. The van der Waals surface area contributed by atoms with E-state index in [1.165, 1.54) is 17.7 Å². The van der Waals surface area contributed by atoms with E-state index in [0.717, 1.165) is 25.2 Å². The van der Waals surface area contributed by atoms with Gasteiger partial charge in [-0.15, -0.1) is 11.8 Å². The summed E-state index contributed by atoms with van der Waals surface area (Å²) in [5.41, 5.74) is 7.11. The van der Waals surface area contributed by atoms with Crippen LogP contribution in [-0.4, -0.2) is 40.9 Å². The number of nitrogens with two attached hydrogens (primary N) is 1. The number of rotatable bonds is 5. The van der Waals surface area contributed by atoms with Crippen molar-refractivity contribution >= 4 is 11.8 Å². The van der Waals surface area contributed by atoms with Gasteiger partial charge in [0.15, 0.2) is 5.82 Å². The molecule has 5 nitrogen and oxygen atoms in total. The second-order valence-corrected chi connectivity index (χ2v) is 6.18. The molecular weight excluding hydrogens is 284 g/mol. The van der Waals surface area contributed by atoms with Crippen molar-refractivity contribution in [2.45, 2.75) is 23.8 Å². The van der Waals surface area contributed by atoms with E-state index < -0.39 is 0 Å². The summed E-state index contributed by atoms with van der Waals surface area (Å²) in [5, 5.41) is 4.03. The first-order valence-corrected chi connectivity index (χ1v) is 8.44. The molecule has 1 fully saturated rings. The molecule has 21 heavy (non-hydrogen) atoms. The highest BCUT2D eigenvalue weighted by atomic mass is 32.2. The summed E-state index contributed by atoms with van der Waals surface area (Å²) in [6, 6.07) is 7.90. The SMILES string of the molecule is CSc1ccc(-c2nc(C(N)CN3CCCC3)no2)cc1. The van der Waals surface area contributed by atoms with Gasteiger partial charge in [-0.3, -0.25) is 0 Å². The van der Waals surface area contributed by atoms with Crippen LogP contribution in [0.25, 0.3) is 11.5 Å². The van der Waals surface area contributed by atoms with Gasteiger partial charge >= 0.3 is 0 Å². The molecule has 1 unspecified atom stereocenters. The van der Waals surface area contributed by atoms with E-state index in [-0.39, 0.29) is 6.04 Å². The summed E-state index contributed by atoms with van der Waals surface area (Å²) in [6.07, 6.45) is 4.56. The number of likely N-dealkylation sites (tertiary alicyclic amines) is 1. The van der Waals surface area contributed by atoms with Crippen LogP contribution in [0, 0.1) is 0 Å². The molecule has 1 atom stereocenters. The molecule has 3 rings (SSSR count). The van der Waals surface area contributed by atoms with E-state index in [4.69, 9.17) is 10.3 Å². The fraction of sp³-hybridized carbons (Fsp3) is 0.467. The normalized spacial score (nSPS) is 17.2. The zero-order valence-electron chi connectivity index (χ0n) is 12.2. The molecule has 0 saturated carbocycles. The van der Waals surface area contributed by atoms with Crippen molar-refractivity contribution in [1.82, 2.24) is 15.0 Å². The third kappa shape index (κ3) is 3.45. The molecule has 0 spiro atoms. The minimum absolute atomic E-state index is 0.189. The molecule has 1 aromatic carbocycles. The number of hydrogen-bond donors (Lipinski definition) is 1. The molecule has 2 heterocycles. The van der Waals surface area contributed by atoms with Crippen LogP contribution >= 0.6 is 11.8 Å². The van der Waals surface area contributed by atoms with E-state index in [1.807, 2.05) is 24.3 Å². The highest BCUT2D eigenvalue weighted by Gasteiger charge is 2.20. The Balaban J connectivity index is 1.69. The Morgan fingerprint density at radius 2 is 2.00 bits per heavy atom. The second kappa shape index (κ2) is 6.60. The monoisotopic (exact) mass is 304 g/mol. The Kier molecular flexibility index (Phi) is 4.57. The first-order chi connectivity index (χ1) is 10.3. The molecule has 2 N–H and O–H groups in total. The Bertz CT molecular complexity index is 578. The lowest BCUT2D eigenvalue weighted by Crippen LogP contribution is -2.30. The van der Waals surface area contributed by atoms with Crippen LogP contribution in [0.2, 0.25) is 0 Å². The molecule has 0 radical (unpaired) electrons. The van der Waals surface area contributed by atoms with Crippen LogP contribution in [-0.2, 0) is 0 Å². The minimum atomic E-state index is -0.189. The van der Waals surface area contributed by atoms with E-state index >= 15 is 0 Å². The molecular formula is C15H20N4OS. The molecule has 1 saturated heterocycles. The molecule has 112 valence electrons. The van der Waals surface area contributed by atoms with Crippen LogP contribution in [0.3, 0.4) is 0 Å². The zero-order chi connectivity index (χ0) is 14.7. The predicted octanol–water partition coefficient (Wildman–Crippen LogP) is 2.55. The van der Waals surface area contributed by atoms with E-state index in [9.17, 15) is 0 Å². The Morgan fingerprint density at radius 3 is 2.67 bits per heavy atom. The van der Waals surface area contributed by atoms with Gasteiger partial charge in [0.2, 0.25) is 0 Å². The molecule has 0 bridgehead atoms. The number of hydrogen-bond acceptors (Lipinski definition) is 6. The fourth-order valence-electron chi connectivity index (χ4n) is 2.56. The number of nitrogens with zero attached hydrogens (tertiary/aromatic N) is 3. The van der Waals surface area contributed by atoms with Crippen LogP contribution < -0.4 is 5.73 Å².